The molecule has 2 heterocycles. The highest BCUT2D eigenvalue weighted by molar-refractivity contribution is 5.92. The molecule has 1 aromatic heterocycles. The van der Waals surface area contributed by atoms with E-state index < -0.39 is 23.7 Å². The fourth-order valence-corrected chi connectivity index (χ4v) is 4.31. The first-order chi connectivity index (χ1) is 14.1. The van der Waals surface area contributed by atoms with Gasteiger partial charge in [0.25, 0.3) is 0 Å². The van der Waals surface area contributed by atoms with Crippen molar-refractivity contribution in [3.63, 3.8) is 0 Å². The molecule has 4 rings (SSSR count). The molecule has 30 heavy (non-hydrogen) atoms. The van der Waals surface area contributed by atoms with Crippen LogP contribution < -0.4 is 10.4 Å². The number of ether oxygens (including phenoxy) is 2. The van der Waals surface area contributed by atoms with Gasteiger partial charge in [-0.05, 0) is 83.1 Å². The maximum Gasteiger partial charge on any atom is 0.411 e. The van der Waals surface area contributed by atoms with Crippen LogP contribution in [0.4, 0.5) is 4.79 Å². The summed E-state index contributed by atoms with van der Waals surface area (Å²) in [6.45, 7) is 7.69. The average molecular weight is 413 g/mol. The minimum Gasteiger partial charge on any atom is -0.444 e. The van der Waals surface area contributed by atoms with Gasteiger partial charge < -0.3 is 13.9 Å². The van der Waals surface area contributed by atoms with Crippen molar-refractivity contribution in [2.75, 3.05) is 6.54 Å². The Morgan fingerprint density at radius 2 is 1.87 bits per heavy atom. The number of rotatable bonds is 2. The van der Waals surface area contributed by atoms with Crippen LogP contribution in [0.15, 0.2) is 21.3 Å². The minimum absolute atomic E-state index is 0.315. The summed E-state index contributed by atoms with van der Waals surface area (Å²) in [5.74, 6) is -0.115. The number of carbonyl (C=O) groups is 2. The molecule has 160 valence electrons. The maximum atomic E-state index is 13.1. The van der Waals surface area contributed by atoms with Gasteiger partial charge in [0.15, 0.2) is 0 Å². The van der Waals surface area contributed by atoms with Crippen molar-refractivity contribution < 1.29 is 23.5 Å². The molecule has 0 N–H and O–H groups in total. The highest BCUT2D eigenvalue weighted by Gasteiger charge is 2.38. The lowest BCUT2D eigenvalue weighted by atomic mass is 10.0. The van der Waals surface area contributed by atoms with Gasteiger partial charge in [-0.25, -0.2) is 14.4 Å². The molecule has 1 amide bonds. The maximum absolute atomic E-state index is 13.1. The van der Waals surface area contributed by atoms with Crippen LogP contribution in [0.1, 0.15) is 56.7 Å². The van der Waals surface area contributed by atoms with E-state index in [0.717, 1.165) is 24.0 Å². The number of benzene rings is 1. The molecule has 1 atom stereocenters. The molecular formula is C23H27NO6. The van der Waals surface area contributed by atoms with Crippen LogP contribution in [0, 0.1) is 6.92 Å². The van der Waals surface area contributed by atoms with Gasteiger partial charge in [-0.15, -0.1) is 0 Å². The molecule has 0 spiro atoms. The lowest BCUT2D eigenvalue weighted by Gasteiger charge is -2.27. The van der Waals surface area contributed by atoms with Crippen LogP contribution in [-0.4, -0.2) is 35.2 Å². The highest BCUT2D eigenvalue weighted by Crippen LogP contribution is 2.36. The van der Waals surface area contributed by atoms with Crippen molar-refractivity contribution in [3.05, 3.63) is 39.2 Å². The van der Waals surface area contributed by atoms with Crippen LogP contribution in [-0.2, 0) is 22.4 Å². The smallest absolute Gasteiger partial charge is 0.411 e. The van der Waals surface area contributed by atoms with Crippen molar-refractivity contribution in [1.82, 2.24) is 4.90 Å². The summed E-state index contributed by atoms with van der Waals surface area (Å²) in [5.41, 5.74) is 1.86. The SMILES string of the molecule is Cc1cc(OC(=O)[C@H]2CCCN2C(=O)OC(C)(C)C)c2c3c(c(=O)oc2c1)CCC3. The number of hydrogen-bond acceptors (Lipinski definition) is 6. The molecule has 2 aliphatic rings. The number of nitrogens with zero attached hydrogens (tertiary/aromatic N) is 1. The molecule has 1 aromatic carbocycles. The topological polar surface area (TPSA) is 86.0 Å². The summed E-state index contributed by atoms with van der Waals surface area (Å²) in [5, 5.41) is 0.683. The van der Waals surface area contributed by atoms with E-state index in [2.05, 4.69) is 0 Å². The zero-order valence-electron chi connectivity index (χ0n) is 17.9. The molecule has 1 aliphatic heterocycles. The number of esters is 1. The average Bonchev–Trinajstić information content (AvgIpc) is 3.29. The first kappa shape index (κ1) is 20.4. The number of likely N-dealkylation sites (tertiary alicyclic amines) is 1. The van der Waals surface area contributed by atoms with E-state index >= 15 is 0 Å². The Balaban J connectivity index is 1.66. The zero-order chi connectivity index (χ0) is 21.6. The first-order valence-electron chi connectivity index (χ1n) is 10.4. The fraction of sp³-hybridized carbons (Fsp3) is 0.522. The third-order valence-corrected chi connectivity index (χ3v) is 5.54. The predicted molar refractivity (Wildman–Crippen MR) is 111 cm³/mol. The van der Waals surface area contributed by atoms with Crippen LogP contribution in [0.25, 0.3) is 11.0 Å². The summed E-state index contributed by atoms with van der Waals surface area (Å²) in [6, 6.07) is 2.88. The molecule has 1 aliphatic carbocycles. The molecule has 2 aromatic rings. The zero-order valence-corrected chi connectivity index (χ0v) is 17.9. The van der Waals surface area contributed by atoms with Crippen LogP contribution in [0.2, 0.25) is 0 Å². The minimum atomic E-state index is -0.695. The Kier molecular flexibility index (Phi) is 5.08. The predicted octanol–water partition coefficient (Wildman–Crippen LogP) is 3.90. The lowest BCUT2D eigenvalue weighted by molar-refractivity contribution is -0.139. The number of amides is 1. The van der Waals surface area contributed by atoms with Crippen molar-refractivity contribution in [1.29, 1.82) is 0 Å². The van der Waals surface area contributed by atoms with Gasteiger partial charge in [-0.2, -0.15) is 0 Å². The Morgan fingerprint density at radius 3 is 2.60 bits per heavy atom. The van der Waals surface area contributed by atoms with Crippen molar-refractivity contribution in [3.8, 4) is 5.75 Å². The van der Waals surface area contributed by atoms with E-state index in [1.54, 1.807) is 32.9 Å². The summed E-state index contributed by atoms with van der Waals surface area (Å²) >= 11 is 0. The molecule has 0 saturated carbocycles. The Bertz CT molecular complexity index is 1080. The second kappa shape index (κ2) is 7.45. The number of aryl methyl sites for hydroxylation is 2. The van der Waals surface area contributed by atoms with Crippen LogP contribution in [0.3, 0.4) is 0 Å². The number of carbonyl (C=O) groups excluding carboxylic acids is 2. The molecule has 7 heteroatoms. The standard InChI is InChI=1S/C23H27NO6/c1-13-11-17-19(14-7-5-8-15(14)20(25)28-17)18(12-13)29-21(26)16-9-6-10-24(16)22(27)30-23(2,3)4/h11-12,16H,5-10H2,1-4H3/t16-/m1/s1. The quantitative estimate of drug-likeness (QED) is 0.422. The monoisotopic (exact) mass is 413 g/mol. The third kappa shape index (κ3) is 3.80. The summed E-state index contributed by atoms with van der Waals surface area (Å²) in [4.78, 5) is 39.3. The Morgan fingerprint density at radius 1 is 1.13 bits per heavy atom. The molecular weight excluding hydrogens is 386 g/mol. The third-order valence-electron chi connectivity index (χ3n) is 5.54. The summed E-state index contributed by atoms with van der Waals surface area (Å²) < 4.78 is 16.8. The Labute approximate surface area is 174 Å². The molecule has 0 unspecified atom stereocenters. The van der Waals surface area contributed by atoms with Crippen molar-refractivity contribution in [2.45, 2.75) is 71.4 Å². The molecule has 1 fully saturated rings. The second-order valence-electron chi connectivity index (χ2n) is 9.09. The van der Waals surface area contributed by atoms with E-state index in [-0.39, 0.29) is 5.63 Å². The van der Waals surface area contributed by atoms with Gasteiger partial charge in [-0.3, -0.25) is 4.90 Å². The summed E-state index contributed by atoms with van der Waals surface area (Å²) in [6.07, 6.45) is 3.01. The normalized spacial score (nSPS) is 18.5. The second-order valence-corrected chi connectivity index (χ2v) is 9.09. The van der Waals surface area contributed by atoms with Gasteiger partial charge in [-0.1, -0.05) is 0 Å². The van der Waals surface area contributed by atoms with Gasteiger partial charge in [0, 0.05) is 12.1 Å². The van der Waals surface area contributed by atoms with Gasteiger partial charge in [0.2, 0.25) is 0 Å². The molecule has 1 saturated heterocycles. The van der Waals surface area contributed by atoms with Gasteiger partial charge >= 0.3 is 17.7 Å². The first-order valence-corrected chi connectivity index (χ1v) is 10.4. The van der Waals surface area contributed by atoms with E-state index in [0.29, 0.717) is 48.1 Å². The van der Waals surface area contributed by atoms with E-state index in [9.17, 15) is 14.4 Å². The highest BCUT2D eigenvalue weighted by atomic mass is 16.6. The van der Waals surface area contributed by atoms with E-state index in [1.807, 2.05) is 6.92 Å². The Hall–Kier alpha value is -2.83. The lowest BCUT2D eigenvalue weighted by Crippen LogP contribution is -2.44. The van der Waals surface area contributed by atoms with Crippen molar-refractivity contribution in [2.24, 2.45) is 0 Å². The van der Waals surface area contributed by atoms with Gasteiger partial charge in [0.1, 0.15) is 23.0 Å². The van der Waals surface area contributed by atoms with E-state index in [4.69, 9.17) is 13.9 Å². The van der Waals surface area contributed by atoms with E-state index in [1.165, 1.54) is 4.90 Å². The molecule has 7 nitrogen and oxygen atoms in total. The number of fused-ring (bicyclic) bond motifs is 3. The van der Waals surface area contributed by atoms with Crippen LogP contribution >= 0.6 is 0 Å². The molecule has 0 radical (unpaired) electrons. The van der Waals surface area contributed by atoms with Crippen LogP contribution in [0.5, 0.6) is 5.75 Å². The number of hydrogen-bond donors (Lipinski definition) is 0. The van der Waals surface area contributed by atoms with Crippen molar-refractivity contribution >= 4 is 23.0 Å². The fourth-order valence-electron chi connectivity index (χ4n) is 4.31. The summed E-state index contributed by atoms with van der Waals surface area (Å²) in [7, 11) is 0. The van der Waals surface area contributed by atoms with Gasteiger partial charge in [0.05, 0.1) is 5.39 Å². The molecule has 0 bridgehead atoms. The largest absolute Gasteiger partial charge is 0.444 e.